The monoisotopic (exact) mass is 741 g/mol. The van der Waals surface area contributed by atoms with Crippen LogP contribution in [0.15, 0.2) is 66.7 Å². The Morgan fingerprint density at radius 3 is 2.31 bits per heavy atom. The molecule has 2 atom stereocenters. The van der Waals surface area contributed by atoms with E-state index in [0.29, 0.717) is 65.1 Å². The number of halogens is 1. The van der Waals surface area contributed by atoms with Gasteiger partial charge in [-0.15, -0.1) is 0 Å². The number of fused-ring (bicyclic) bond motifs is 2. The third kappa shape index (κ3) is 7.37. The Morgan fingerprint density at radius 1 is 0.911 bits per heavy atom. The van der Waals surface area contributed by atoms with Crippen LogP contribution in [-0.4, -0.2) is 80.5 Å². The van der Waals surface area contributed by atoms with Gasteiger partial charge in [-0.25, -0.2) is 8.42 Å². The zero-order valence-electron chi connectivity index (χ0n) is 25.5. The van der Waals surface area contributed by atoms with Crippen molar-refractivity contribution in [3.05, 3.63) is 100 Å². The number of carbonyl (C=O) groups is 2. The maximum atomic E-state index is 14.1. The van der Waals surface area contributed by atoms with Crippen LogP contribution >= 0.6 is 22.6 Å². The normalized spacial score (nSPS) is 19.4. The first kappa shape index (κ1) is 32.0. The molecule has 0 aliphatic carbocycles. The molecule has 11 heteroatoms. The molecule has 2 amide bonds. The zero-order chi connectivity index (χ0) is 31.6. The van der Waals surface area contributed by atoms with Gasteiger partial charge in [-0.1, -0.05) is 83.3 Å². The number of alkyl halides is 1. The van der Waals surface area contributed by atoms with Crippen LogP contribution in [0.5, 0.6) is 0 Å². The number of amides is 2. The number of sulfonamides is 1. The number of nitrogens with one attached hydrogen (secondary N) is 2. The Morgan fingerprint density at radius 2 is 1.60 bits per heavy atom. The number of anilines is 1. The summed E-state index contributed by atoms with van der Waals surface area (Å²) >= 11 is 2.33. The fraction of sp³-hybridized carbons (Fsp3) is 0.412. The Balaban J connectivity index is 1.15. The maximum absolute atomic E-state index is 14.1. The standard InChI is InChI=1S/C34H40IN5O4S/c1-45(43,44)40-14-13-26-7-4-8-32(29(26)23-40)38-15-17-39(18-16-38)34(42)31(19-24-9-11-25(21-35)12-10-24)37-33(41)30-20-27-5-2-3-6-28(27)22-36-30/h2-12,30-31,36H,13-23H2,1H3,(H,37,41)/t30-,31-/m1/s1. The highest BCUT2D eigenvalue weighted by Crippen LogP contribution is 2.31. The molecule has 6 rings (SSSR count). The Hall–Kier alpha value is -3.00. The molecule has 3 aliphatic heterocycles. The molecule has 238 valence electrons. The van der Waals surface area contributed by atoms with Crippen LogP contribution in [0.25, 0.3) is 0 Å². The van der Waals surface area contributed by atoms with Crippen LogP contribution in [0, 0.1) is 0 Å². The van der Waals surface area contributed by atoms with Crippen molar-refractivity contribution >= 4 is 50.1 Å². The topological polar surface area (TPSA) is 102 Å². The van der Waals surface area contributed by atoms with Crippen molar-refractivity contribution in [2.75, 3.05) is 43.9 Å². The quantitative estimate of drug-likeness (QED) is 0.272. The van der Waals surface area contributed by atoms with Crippen molar-refractivity contribution in [3.8, 4) is 0 Å². The van der Waals surface area contributed by atoms with Gasteiger partial charge in [0.15, 0.2) is 0 Å². The van der Waals surface area contributed by atoms with Gasteiger partial charge in [-0.2, -0.15) is 4.31 Å². The predicted octanol–water partition coefficient (Wildman–Crippen LogP) is 3.03. The summed E-state index contributed by atoms with van der Waals surface area (Å²) in [5, 5.41) is 6.48. The van der Waals surface area contributed by atoms with Gasteiger partial charge in [0.25, 0.3) is 0 Å². The molecule has 0 spiro atoms. The molecule has 0 bridgehead atoms. The molecule has 1 saturated heterocycles. The molecule has 1 fully saturated rings. The molecule has 0 aromatic heterocycles. The van der Waals surface area contributed by atoms with Crippen LogP contribution in [0.2, 0.25) is 0 Å². The first-order chi connectivity index (χ1) is 21.7. The number of hydrogen-bond donors (Lipinski definition) is 2. The molecule has 9 nitrogen and oxygen atoms in total. The largest absolute Gasteiger partial charge is 0.368 e. The predicted molar refractivity (Wildman–Crippen MR) is 185 cm³/mol. The van der Waals surface area contributed by atoms with E-state index in [-0.39, 0.29) is 11.8 Å². The van der Waals surface area contributed by atoms with E-state index < -0.39 is 22.1 Å². The summed E-state index contributed by atoms with van der Waals surface area (Å²) in [7, 11) is -3.29. The summed E-state index contributed by atoms with van der Waals surface area (Å²) in [5.41, 5.74) is 7.86. The first-order valence-electron chi connectivity index (χ1n) is 15.5. The van der Waals surface area contributed by atoms with Crippen molar-refractivity contribution in [2.45, 2.75) is 48.9 Å². The zero-order valence-corrected chi connectivity index (χ0v) is 28.5. The number of carbonyl (C=O) groups excluding carboxylic acids is 2. The summed E-state index contributed by atoms with van der Waals surface area (Å²) < 4.78 is 27.0. The molecule has 3 aromatic rings. The highest BCUT2D eigenvalue weighted by molar-refractivity contribution is 14.1. The van der Waals surface area contributed by atoms with Gasteiger partial charge in [0, 0.05) is 62.3 Å². The minimum absolute atomic E-state index is 0.0736. The van der Waals surface area contributed by atoms with Crippen molar-refractivity contribution in [1.29, 1.82) is 0 Å². The fourth-order valence-electron chi connectivity index (χ4n) is 6.62. The fourth-order valence-corrected chi connectivity index (χ4v) is 7.91. The van der Waals surface area contributed by atoms with Crippen LogP contribution in [-0.2, 0) is 56.4 Å². The molecule has 3 aliphatic rings. The smallest absolute Gasteiger partial charge is 0.245 e. The van der Waals surface area contributed by atoms with E-state index in [0.717, 1.165) is 26.8 Å². The number of rotatable bonds is 8. The summed E-state index contributed by atoms with van der Waals surface area (Å²) in [6.45, 7) is 3.79. The Bertz CT molecular complexity index is 1660. The van der Waals surface area contributed by atoms with Crippen LogP contribution in [0.1, 0.15) is 33.4 Å². The molecular formula is C34H40IN5O4S. The Labute approximate surface area is 279 Å². The molecule has 45 heavy (non-hydrogen) atoms. The molecular weight excluding hydrogens is 701 g/mol. The van der Waals surface area contributed by atoms with E-state index in [2.05, 4.69) is 74.5 Å². The molecule has 2 N–H and O–H groups in total. The second-order valence-corrected chi connectivity index (χ2v) is 14.9. The van der Waals surface area contributed by atoms with Crippen molar-refractivity contribution in [2.24, 2.45) is 0 Å². The van der Waals surface area contributed by atoms with E-state index in [1.165, 1.54) is 27.3 Å². The van der Waals surface area contributed by atoms with Crippen molar-refractivity contribution < 1.29 is 18.0 Å². The first-order valence-corrected chi connectivity index (χ1v) is 18.9. The number of hydrogen-bond acceptors (Lipinski definition) is 6. The average molecular weight is 742 g/mol. The summed E-state index contributed by atoms with van der Waals surface area (Å²) in [5.74, 6) is -0.229. The van der Waals surface area contributed by atoms with E-state index in [1.54, 1.807) is 0 Å². The van der Waals surface area contributed by atoms with Crippen LogP contribution in [0.4, 0.5) is 5.69 Å². The van der Waals surface area contributed by atoms with Crippen molar-refractivity contribution in [1.82, 2.24) is 19.8 Å². The lowest BCUT2D eigenvalue weighted by Crippen LogP contribution is -2.58. The minimum atomic E-state index is -3.29. The van der Waals surface area contributed by atoms with Gasteiger partial charge < -0.3 is 20.4 Å². The lowest BCUT2D eigenvalue weighted by Gasteiger charge is -2.40. The highest BCUT2D eigenvalue weighted by Gasteiger charge is 2.33. The molecule has 0 radical (unpaired) electrons. The molecule has 3 aromatic carbocycles. The van der Waals surface area contributed by atoms with Crippen molar-refractivity contribution in [3.63, 3.8) is 0 Å². The Kier molecular flexibility index (Phi) is 9.79. The average Bonchev–Trinajstić information content (AvgIpc) is 3.07. The third-order valence-corrected chi connectivity index (χ3v) is 11.4. The molecule has 0 saturated carbocycles. The summed E-state index contributed by atoms with van der Waals surface area (Å²) in [6, 6.07) is 21.5. The van der Waals surface area contributed by atoms with Crippen LogP contribution < -0.4 is 15.5 Å². The van der Waals surface area contributed by atoms with E-state index in [1.807, 2.05) is 35.2 Å². The second kappa shape index (κ2) is 13.8. The second-order valence-electron chi connectivity index (χ2n) is 12.2. The molecule has 3 heterocycles. The molecule has 0 unspecified atom stereocenters. The SMILES string of the molecule is CS(=O)(=O)N1CCc2cccc(N3CCN(C(=O)[C@@H](Cc4ccc(CI)cc4)NC(=O)[C@H]4Cc5ccccc5CN4)CC3)c2C1. The third-order valence-electron chi connectivity index (χ3n) is 9.24. The van der Waals surface area contributed by atoms with Gasteiger partial charge in [-0.05, 0) is 52.3 Å². The van der Waals surface area contributed by atoms with Gasteiger partial charge in [0.1, 0.15) is 6.04 Å². The summed E-state index contributed by atoms with van der Waals surface area (Å²) in [4.78, 5) is 31.8. The van der Waals surface area contributed by atoms with Gasteiger partial charge >= 0.3 is 0 Å². The number of nitrogens with zero attached hydrogens (tertiary/aromatic N) is 3. The highest BCUT2D eigenvalue weighted by atomic mass is 127. The number of benzene rings is 3. The maximum Gasteiger partial charge on any atom is 0.245 e. The van der Waals surface area contributed by atoms with E-state index in [4.69, 9.17) is 0 Å². The minimum Gasteiger partial charge on any atom is -0.368 e. The van der Waals surface area contributed by atoms with Crippen LogP contribution in [0.3, 0.4) is 0 Å². The van der Waals surface area contributed by atoms with E-state index in [9.17, 15) is 18.0 Å². The lowest BCUT2D eigenvalue weighted by molar-refractivity contribution is -0.137. The van der Waals surface area contributed by atoms with E-state index >= 15 is 0 Å². The van der Waals surface area contributed by atoms with Gasteiger partial charge in [0.2, 0.25) is 21.8 Å². The lowest BCUT2D eigenvalue weighted by atomic mass is 9.95. The van der Waals surface area contributed by atoms with Gasteiger partial charge in [0.05, 0.1) is 12.3 Å². The van der Waals surface area contributed by atoms with Gasteiger partial charge in [-0.3, -0.25) is 9.59 Å². The number of piperazine rings is 1. The summed E-state index contributed by atoms with van der Waals surface area (Å²) in [6.07, 6.45) is 2.96.